The van der Waals surface area contributed by atoms with Gasteiger partial charge in [0, 0.05) is 12.4 Å². The highest BCUT2D eigenvalue weighted by Gasteiger charge is 2.15. The van der Waals surface area contributed by atoms with E-state index in [1.807, 2.05) is 20.8 Å². The first-order chi connectivity index (χ1) is 8.49. The number of nitrogen functional groups attached to an aromatic ring is 1. The fourth-order valence-corrected chi connectivity index (χ4v) is 2.11. The second kappa shape index (κ2) is 4.97. The lowest BCUT2D eigenvalue weighted by atomic mass is 10.1. The molecule has 0 amide bonds. The highest BCUT2D eigenvalue weighted by atomic mass is 79.9. The first kappa shape index (κ1) is 12.9. The zero-order valence-corrected chi connectivity index (χ0v) is 12.1. The highest BCUT2D eigenvalue weighted by Crippen LogP contribution is 2.28. The second-order valence-electron chi connectivity index (χ2n) is 4.37. The fourth-order valence-electron chi connectivity index (χ4n) is 1.47. The van der Waals surface area contributed by atoms with Crippen LogP contribution >= 0.6 is 15.9 Å². The van der Waals surface area contributed by atoms with Gasteiger partial charge in [0.1, 0.15) is 5.82 Å². The van der Waals surface area contributed by atoms with E-state index < -0.39 is 0 Å². The van der Waals surface area contributed by atoms with E-state index in [1.165, 1.54) is 0 Å². The van der Waals surface area contributed by atoms with Crippen LogP contribution < -0.4 is 5.73 Å². The van der Waals surface area contributed by atoms with Crippen molar-refractivity contribution in [3.05, 3.63) is 28.1 Å². The highest BCUT2D eigenvalue weighted by molar-refractivity contribution is 9.10. The van der Waals surface area contributed by atoms with Crippen molar-refractivity contribution < 1.29 is 0 Å². The third kappa shape index (κ3) is 2.48. The summed E-state index contributed by atoms with van der Waals surface area (Å²) in [6.07, 6.45) is 3.47. The molecule has 18 heavy (non-hydrogen) atoms. The summed E-state index contributed by atoms with van der Waals surface area (Å²) < 4.78 is 0.744. The Morgan fingerprint density at radius 1 is 1.11 bits per heavy atom. The van der Waals surface area contributed by atoms with Gasteiger partial charge in [-0.1, -0.05) is 13.8 Å². The Bertz CT molecular complexity index is 565. The van der Waals surface area contributed by atoms with Crippen LogP contribution in [0.1, 0.15) is 31.0 Å². The number of halogens is 1. The Morgan fingerprint density at radius 3 is 2.28 bits per heavy atom. The normalized spacial score (nSPS) is 10.9. The van der Waals surface area contributed by atoms with Crippen LogP contribution in [0.2, 0.25) is 0 Å². The van der Waals surface area contributed by atoms with Crippen molar-refractivity contribution in [2.45, 2.75) is 26.7 Å². The molecule has 0 radical (unpaired) electrons. The Balaban J connectivity index is 2.55. The topological polar surface area (TPSA) is 77.6 Å². The monoisotopic (exact) mass is 307 g/mol. The van der Waals surface area contributed by atoms with Gasteiger partial charge in [-0.25, -0.2) is 19.9 Å². The maximum Gasteiger partial charge on any atom is 0.200 e. The molecule has 0 aliphatic heterocycles. The van der Waals surface area contributed by atoms with Gasteiger partial charge in [-0.2, -0.15) is 0 Å². The molecule has 0 aliphatic carbocycles. The zero-order valence-electron chi connectivity index (χ0n) is 10.5. The van der Waals surface area contributed by atoms with Crippen molar-refractivity contribution in [2.75, 3.05) is 5.73 Å². The van der Waals surface area contributed by atoms with E-state index in [4.69, 9.17) is 5.73 Å². The molecule has 2 rings (SSSR count). The molecule has 94 valence electrons. The van der Waals surface area contributed by atoms with E-state index in [0.717, 1.165) is 15.7 Å². The fraction of sp³-hybridized carbons (Fsp3) is 0.333. The molecule has 6 heteroatoms. The third-order valence-corrected chi connectivity index (χ3v) is 3.24. The SMILES string of the molecule is Cc1cnc(-c2nc(N)c(Br)c(C(C)C)n2)nc1. The molecule has 2 aromatic rings. The minimum absolute atomic E-state index is 0.244. The molecular formula is C12H14BrN5. The minimum Gasteiger partial charge on any atom is -0.383 e. The van der Waals surface area contributed by atoms with Gasteiger partial charge in [0.25, 0.3) is 0 Å². The first-order valence-corrected chi connectivity index (χ1v) is 6.40. The zero-order chi connectivity index (χ0) is 13.3. The molecule has 0 saturated carbocycles. The van der Waals surface area contributed by atoms with Crippen molar-refractivity contribution >= 4 is 21.7 Å². The van der Waals surface area contributed by atoms with Crippen LogP contribution in [0.5, 0.6) is 0 Å². The lowest BCUT2D eigenvalue weighted by Gasteiger charge is -2.10. The number of nitrogens with zero attached hydrogens (tertiary/aromatic N) is 4. The van der Waals surface area contributed by atoms with Crippen molar-refractivity contribution in [3.8, 4) is 11.6 Å². The molecule has 0 atom stereocenters. The van der Waals surface area contributed by atoms with Crippen LogP contribution in [0.25, 0.3) is 11.6 Å². The smallest absolute Gasteiger partial charge is 0.200 e. The maximum absolute atomic E-state index is 5.87. The van der Waals surface area contributed by atoms with Gasteiger partial charge in [-0.15, -0.1) is 0 Å². The molecule has 0 bridgehead atoms. The molecule has 0 spiro atoms. The van der Waals surface area contributed by atoms with Gasteiger partial charge in [-0.05, 0) is 34.3 Å². The number of aromatic nitrogens is 4. The van der Waals surface area contributed by atoms with E-state index in [9.17, 15) is 0 Å². The van der Waals surface area contributed by atoms with Crippen molar-refractivity contribution in [3.63, 3.8) is 0 Å². The first-order valence-electron chi connectivity index (χ1n) is 5.61. The van der Waals surface area contributed by atoms with E-state index in [0.29, 0.717) is 17.5 Å². The number of aryl methyl sites for hydroxylation is 1. The van der Waals surface area contributed by atoms with Crippen LogP contribution in [0.3, 0.4) is 0 Å². The van der Waals surface area contributed by atoms with Gasteiger partial charge < -0.3 is 5.73 Å². The lowest BCUT2D eigenvalue weighted by molar-refractivity contribution is 0.808. The molecular weight excluding hydrogens is 294 g/mol. The quantitative estimate of drug-likeness (QED) is 0.923. The Morgan fingerprint density at radius 2 is 1.72 bits per heavy atom. The molecule has 2 aromatic heterocycles. The molecule has 0 fully saturated rings. The predicted molar refractivity (Wildman–Crippen MR) is 74.0 cm³/mol. The Labute approximate surface area is 114 Å². The molecule has 0 unspecified atom stereocenters. The largest absolute Gasteiger partial charge is 0.383 e. The Kier molecular flexibility index (Phi) is 3.56. The summed E-state index contributed by atoms with van der Waals surface area (Å²) in [7, 11) is 0. The maximum atomic E-state index is 5.87. The molecule has 0 saturated heterocycles. The third-order valence-electron chi connectivity index (χ3n) is 2.43. The van der Waals surface area contributed by atoms with E-state index in [-0.39, 0.29) is 5.92 Å². The summed E-state index contributed by atoms with van der Waals surface area (Å²) in [5.41, 5.74) is 7.73. The van der Waals surface area contributed by atoms with Crippen LogP contribution in [0.15, 0.2) is 16.9 Å². The van der Waals surface area contributed by atoms with Gasteiger partial charge >= 0.3 is 0 Å². The minimum atomic E-state index is 0.244. The van der Waals surface area contributed by atoms with Crippen LogP contribution in [-0.2, 0) is 0 Å². The number of nitrogens with two attached hydrogens (primary N) is 1. The van der Waals surface area contributed by atoms with E-state index >= 15 is 0 Å². The van der Waals surface area contributed by atoms with E-state index in [2.05, 4.69) is 35.9 Å². The molecule has 5 nitrogen and oxygen atoms in total. The standard InChI is InChI=1S/C12H14BrN5/c1-6(2)9-8(13)10(14)18-12(17-9)11-15-4-7(3)5-16-11/h4-6H,1-3H3,(H2,14,17,18). The average molecular weight is 308 g/mol. The predicted octanol–water partition coefficient (Wildman–Crippen LogP) is 2.71. The van der Waals surface area contributed by atoms with Gasteiger partial charge in [0.05, 0.1) is 10.2 Å². The molecule has 2 heterocycles. The van der Waals surface area contributed by atoms with Crippen molar-refractivity contribution in [2.24, 2.45) is 0 Å². The number of rotatable bonds is 2. The van der Waals surface area contributed by atoms with Crippen molar-refractivity contribution in [1.29, 1.82) is 0 Å². The molecule has 0 aromatic carbocycles. The molecule has 0 aliphatic rings. The summed E-state index contributed by atoms with van der Waals surface area (Å²) in [5.74, 6) is 1.60. The summed E-state index contributed by atoms with van der Waals surface area (Å²) in [6, 6.07) is 0. The van der Waals surface area contributed by atoms with Gasteiger partial charge in [0.15, 0.2) is 11.6 Å². The summed E-state index contributed by atoms with van der Waals surface area (Å²) >= 11 is 3.41. The van der Waals surface area contributed by atoms with Crippen LogP contribution in [0, 0.1) is 6.92 Å². The summed E-state index contributed by atoms with van der Waals surface area (Å²) in [4.78, 5) is 17.1. The summed E-state index contributed by atoms with van der Waals surface area (Å²) in [5, 5.41) is 0. The van der Waals surface area contributed by atoms with Crippen molar-refractivity contribution in [1.82, 2.24) is 19.9 Å². The van der Waals surface area contributed by atoms with E-state index in [1.54, 1.807) is 12.4 Å². The van der Waals surface area contributed by atoms with Gasteiger partial charge in [-0.3, -0.25) is 0 Å². The molecule has 2 N–H and O–H groups in total. The second-order valence-corrected chi connectivity index (χ2v) is 5.16. The summed E-state index contributed by atoms with van der Waals surface area (Å²) in [6.45, 7) is 6.03. The number of hydrogen-bond donors (Lipinski definition) is 1. The van der Waals surface area contributed by atoms with Crippen LogP contribution in [-0.4, -0.2) is 19.9 Å². The van der Waals surface area contributed by atoms with Crippen LogP contribution in [0.4, 0.5) is 5.82 Å². The van der Waals surface area contributed by atoms with Gasteiger partial charge in [0.2, 0.25) is 0 Å². The lowest BCUT2D eigenvalue weighted by Crippen LogP contribution is -2.05. The number of hydrogen-bond acceptors (Lipinski definition) is 5. The average Bonchev–Trinajstić information content (AvgIpc) is 2.33. The Hall–Kier alpha value is -1.56. The number of anilines is 1.